The Hall–Kier alpha value is -1.23. The van der Waals surface area contributed by atoms with Crippen LogP contribution in [0, 0.1) is 11.8 Å². The summed E-state index contributed by atoms with van der Waals surface area (Å²) in [6.45, 7) is 2.68. The summed E-state index contributed by atoms with van der Waals surface area (Å²) in [4.78, 5) is 4.40. The van der Waals surface area contributed by atoms with Crippen LogP contribution in [0.25, 0.3) is 0 Å². The molecule has 0 atom stereocenters. The Balaban J connectivity index is 2.24. The maximum Gasteiger partial charge on any atom is 0.0960 e. The van der Waals surface area contributed by atoms with Crippen LogP contribution in [0.2, 0.25) is 0 Å². The summed E-state index contributed by atoms with van der Waals surface area (Å²) in [5.74, 6) is 5.99. The topological polar surface area (TPSA) is 17.8 Å². The quantitative estimate of drug-likeness (QED) is 0.593. The van der Waals surface area contributed by atoms with Gasteiger partial charge in [0.25, 0.3) is 0 Å². The molecule has 0 fully saturated rings. The normalized spacial score (nSPS) is 14.5. The van der Waals surface area contributed by atoms with Crippen molar-refractivity contribution in [2.45, 2.75) is 39.2 Å². The Bertz CT molecular complexity index is 352. The van der Waals surface area contributed by atoms with Gasteiger partial charge < -0.3 is 4.57 Å². The number of rotatable bonds is 1. The zero-order valence-corrected chi connectivity index (χ0v) is 8.01. The predicted octanol–water partition coefficient (Wildman–Crippen LogP) is 1.79. The molecule has 68 valence electrons. The fraction of sp³-hybridized carbons (Fsp3) is 0.545. The molecule has 1 aliphatic carbocycles. The standard InChI is InChI=1S/C11H14N2/c1-2-3-8-13-9-12-10-6-4-5-7-11(10)13/h9H,4-8H2,1H3. The van der Waals surface area contributed by atoms with E-state index in [9.17, 15) is 0 Å². The van der Waals surface area contributed by atoms with Gasteiger partial charge in [-0.1, -0.05) is 5.92 Å². The minimum atomic E-state index is 0.804. The van der Waals surface area contributed by atoms with Crippen LogP contribution in [-0.4, -0.2) is 9.55 Å². The predicted molar refractivity (Wildman–Crippen MR) is 52.3 cm³/mol. The number of hydrogen-bond donors (Lipinski definition) is 0. The third-order valence-electron chi connectivity index (χ3n) is 2.54. The van der Waals surface area contributed by atoms with Crippen molar-refractivity contribution in [3.63, 3.8) is 0 Å². The highest BCUT2D eigenvalue weighted by atomic mass is 15.1. The first-order chi connectivity index (χ1) is 6.42. The number of imidazole rings is 1. The van der Waals surface area contributed by atoms with E-state index in [-0.39, 0.29) is 0 Å². The van der Waals surface area contributed by atoms with Crippen LogP contribution < -0.4 is 0 Å². The second-order valence-electron chi connectivity index (χ2n) is 3.40. The van der Waals surface area contributed by atoms with E-state index in [4.69, 9.17) is 0 Å². The Labute approximate surface area is 79.0 Å². The van der Waals surface area contributed by atoms with E-state index in [1.54, 1.807) is 0 Å². The molecule has 2 rings (SSSR count). The summed E-state index contributed by atoms with van der Waals surface area (Å²) < 4.78 is 2.19. The second kappa shape index (κ2) is 3.66. The van der Waals surface area contributed by atoms with Crippen molar-refractivity contribution in [2.75, 3.05) is 0 Å². The van der Waals surface area contributed by atoms with Gasteiger partial charge in [0, 0.05) is 5.69 Å². The van der Waals surface area contributed by atoms with E-state index in [2.05, 4.69) is 21.4 Å². The molecule has 0 spiro atoms. The van der Waals surface area contributed by atoms with Gasteiger partial charge in [0.1, 0.15) is 0 Å². The van der Waals surface area contributed by atoms with Crippen LogP contribution >= 0.6 is 0 Å². The molecule has 0 aromatic carbocycles. The smallest absolute Gasteiger partial charge is 0.0960 e. The van der Waals surface area contributed by atoms with Gasteiger partial charge in [0.2, 0.25) is 0 Å². The summed E-state index contributed by atoms with van der Waals surface area (Å²) in [6.07, 6.45) is 6.87. The zero-order chi connectivity index (χ0) is 9.10. The molecule has 0 bridgehead atoms. The summed E-state index contributed by atoms with van der Waals surface area (Å²) >= 11 is 0. The lowest BCUT2D eigenvalue weighted by molar-refractivity contribution is 0.635. The van der Waals surface area contributed by atoms with Crippen molar-refractivity contribution in [3.8, 4) is 11.8 Å². The molecule has 1 aromatic heterocycles. The fourth-order valence-corrected chi connectivity index (χ4v) is 1.83. The van der Waals surface area contributed by atoms with Crippen molar-refractivity contribution < 1.29 is 0 Å². The van der Waals surface area contributed by atoms with Crippen molar-refractivity contribution in [2.24, 2.45) is 0 Å². The van der Waals surface area contributed by atoms with Crippen molar-refractivity contribution in [3.05, 3.63) is 17.7 Å². The molecule has 1 heterocycles. The maximum atomic E-state index is 4.40. The number of hydrogen-bond acceptors (Lipinski definition) is 1. The third-order valence-corrected chi connectivity index (χ3v) is 2.54. The third kappa shape index (κ3) is 1.60. The molecule has 0 amide bonds. The first kappa shape index (κ1) is 8.37. The summed E-state index contributed by atoms with van der Waals surface area (Å²) in [5.41, 5.74) is 2.71. The number of fused-ring (bicyclic) bond motifs is 1. The van der Waals surface area contributed by atoms with E-state index in [1.165, 1.54) is 30.7 Å². The SMILES string of the molecule is CC#CCn1cnc2c1CCCC2. The monoisotopic (exact) mass is 174 g/mol. The fourth-order valence-electron chi connectivity index (χ4n) is 1.83. The first-order valence-electron chi connectivity index (χ1n) is 4.84. The highest BCUT2D eigenvalue weighted by Crippen LogP contribution is 2.19. The molecule has 0 N–H and O–H groups in total. The molecule has 0 unspecified atom stereocenters. The average molecular weight is 174 g/mol. The highest BCUT2D eigenvalue weighted by molar-refractivity contribution is 5.17. The number of nitrogens with zero attached hydrogens (tertiary/aromatic N) is 2. The van der Waals surface area contributed by atoms with E-state index >= 15 is 0 Å². The van der Waals surface area contributed by atoms with E-state index in [1.807, 2.05) is 13.3 Å². The first-order valence-corrected chi connectivity index (χ1v) is 4.84. The maximum absolute atomic E-state index is 4.40. The number of aromatic nitrogens is 2. The summed E-state index contributed by atoms with van der Waals surface area (Å²) in [6, 6.07) is 0. The molecular weight excluding hydrogens is 160 g/mol. The van der Waals surface area contributed by atoms with Crippen LogP contribution in [0.5, 0.6) is 0 Å². The second-order valence-corrected chi connectivity index (χ2v) is 3.40. The van der Waals surface area contributed by atoms with Crippen LogP contribution in [0.1, 0.15) is 31.2 Å². The van der Waals surface area contributed by atoms with Gasteiger partial charge in [-0.25, -0.2) is 4.98 Å². The van der Waals surface area contributed by atoms with Gasteiger partial charge in [-0.3, -0.25) is 0 Å². The number of aryl methyl sites for hydroxylation is 1. The van der Waals surface area contributed by atoms with Gasteiger partial charge in [0.05, 0.1) is 18.6 Å². The Morgan fingerprint density at radius 3 is 3.15 bits per heavy atom. The molecule has 0 saturated carbocycles. The zero-order valence-electron chi connectivity index (χ0n) is 8.01. The van der Waals surface area contributed by atoms with Crippen molar-refractivity contribution in [1.82, 2.24) is 9.55 Å². The van der Waals surface area contributed by atoms with Gasteiger partial charge in [-0.05, 0) is 32.6 Å². The van der Waals surface area contributed by atoms with Gasteiger partial charge in [0.15, 0.2) is 0 Å². The van der Waals surface area contributed by atoms with Crippen LogP contribution in [-0.2, 0) is 19.4 Å². The summed E-state index contributed by atoms with van der Waals surface area (Å²) in [7, 11) is 0. The lowest BCUT2D eigenvalue weighted by atomic mass is 10.0. The molecule has 0 radical (unpaired) electrons. The minimum Gasteiger partial charge on any atom is -0.323 e. The van der Waals surface area contributed by atoms with Gasteiger partial charge in [-0.2, -0.15) is 0 Å². The molecule has 13 heavy (non-hydrogen) atoms. The van der Waals surface area contributed by atoms with Crippen molar-refractivity contribution in [1.29, 1.82) is 0 Å². The largest absolute Gasteiger partial charge is 0.323 e. The molecule has 0 aliphatic heterocycles. The lowest BCUT2D eigenvalue weighted by Crippen LogP contribution is -2.07. The van der Waals surface area contributed by atoms with Gasteiger partial charge >= 0.3 is 0 Å². The van der Waals surface area contributed by atoms with E-state index in [0.717, 1.165) is 13.0 Å². The molecule has 2 heteroatoms. The van der Waals surface area contributed by atoms with Crippen LogP contribution in [0.4, 0.5) is 0 Å². The van der Waals surface area contributed by atoms with Crippen molar-refractivity contribution >= 4 is 0 Å². The highest BCUT2D eigenvalue weighted by Gasteiger charge is 2.13. The van der Waals surface area contributed by atoms with Crippen LogP contribution in [0.15, 0.2) is 6.33 Å². The summed E-state index contributed by atoms with van der Waals surface area (Å²) in [5, 5.41) is 0. The molecule has 2 nitrogen and oxygen atoms in total. The minimum absolute atomic E-state index is 0.804. The van der Waals surface area contributed by atoms with Gasteiger partial charge in [-0.15, -0.1) is 5.92 Å². The molecule has 0 saturated heterocycles. The Morgan fingerprint density at radius 2 is 2.31 bits per heavy atom. The molecule has 1 aromatic rings. The Morgan fingerprint density at radius 1 is 1.46 bits per heavy atom. The van der Waals surface area contributed by atoms with Crippen LogP contribution in [0.3, 0.4) is 0 Å². The molecule has 1 aliphatic rings. The molecular formula is C11H14N2. The Kier molecular flexibility index (Phi) is 2.35. The van der Waals surface area contributed by atoms with E-state index < -0.39 is 0 Å². The lowest BCUT2D eigenvalue weighted by Gasteiger charge is -2.11. The van der Waals surface area contributed by atoms with E-state index in [0.29, 0.717) is 0 Å². The average Bonchev–Trinajstić information content (AvgIpc) is 2.58.